The molecule has 0 aliphatic carbocycles. The maximum atomic E-state index is 10.8. The van der Waals surface area contributed by atoms with Gasteiger partial charge in [0, 0.05) is 52.4 Å². The van der Waals surface area contributed by atoms with E-state index in [-0.39, 0.29) is 93.3 Å². The van der Waals surface area contributed by atoms with E-state index in [1.807, 2.05) is 24.3 Å². The second-order valence-corrected chi connectivity index (χ2v) is 9.57. The van der Waals surface area contributed by atoms with Gasteiger partial charge in [-0.15, -0.1) is 20.5 Å². The van der Waals surface area contributed by atoms with Crippen molar-refractivity contribution in [3.63, 3.8) is 0 Å². The first kappa shape index (κ1) is 36.6. The van der Waals surface area contributed by atoms with E-state index < -0.39 is 9.85 Å². The first-order valence-electron chi connectivity index (χ1n) is 13.3. The van der Waals surface area contributed by atoms with Crippen molar-refractivity contribution in [2.24, 2.45) is 20.5 Å². The number of azo groups is 2. The molecule has 0 saturated carbocycles. The third-order valence-corrected chi connectivity index (χ3v) is 6.61. The molecule has 0 radical (unpaired) electrons. The topological polar surface area (TPSA) is 217 Å². The Morgan fingerprint density at radius 3 is 1.21 bits per heavy atom. The van der Waals surface area contributed by atoms with Crippen LogP contribution in [0.25, 0.3) is 21.5 Å². The zero-order chi connectivity index (χ0) is 32.8. The van der Waals surface area contributed by atoms with E-state index in [1.165, 1.54) is 36.4 Å². The molecule has 234 valence electrons. The van der Waals surface area contributed by atoms with Gasteiger partial charge in [0.1, 0.15) is 45.7 Å². The molecular weight excluding hydrogens is 655 g/mol. The van der Waals surface area contributed by atoms with Gasteiger partial charge < -0.3 is 20.4 Å². The Morgan fingerprint density at radius 1 is 0.479 bits per heavy atom. The molecule has 0 atom stereocenters. The van der Waals surface area contributed by atoms with Crippen LogP contribution >= 0.6 is 0 Å². The SMILES string of the molecule is O=[N+]([O-])c1ccc(O)c(N=Nc2c(O)ccc3ccccc23)c1.O=[N+]([O-])c1ccc(O)c(N=Nc2c(O)ccc3ccccc23)c1.[Cr].[Li+]. The molecule has 14 nitrogen and oxygen atoms in total. The Bertz CT molecular complexity index is 2040. The van der Waals surface area contributed by atoms with Crippen molar-refractivity contribution >= 4 is 55.7 Å². The van der Waals surface area contributed by atoms with Crippen molar-refractivity contribution in [3.8, 4) is 23.0 Å². The smallest absolute Gasteiger partial charge is 0.506 e. The van der Waals surface area contributed by atoms with Crippen LogP contribution in [0.3, 0.4) is 0 Å². The minimum atomic E-state index is -0.589. The molecule has 0 heterocycles. The molecule has 16 heteroatoms. The minimum absolute atomic E-state index is 0. The molecule has 6 aromatic rings. The average molecular weight is 677 g/mol. The molecule has 0 unspecified atom stereocenters. The van der Waals surface area contributed by atoms with Gasteiger partial charge in [0.15, 0.2) is 0 Å². The monoisotopic (exact) mass is 677 g/mol. The zero-order valence-electron chi connectivity index (χ0n) is 24.9. The second kappa shape index (κ2) is 16.1. The number of phenolic OH excluding ortho intramolecular Hbond substituents is 4. The van der Waals surface area contributed by atoms with Crippen LogP contribution in [0.2, 0.25) is 0 Å². The molecule has 0 amide bonds. The van der Waals surface area contributed by atoms with Gasteiger partial charge in [-0.1, -0.05) is 60.7 Å². The normalized spacial score (nSPS) is 10.7. The summed E-state index contributed by atoms with van der Waals surface area (Å²) in [5, 5.41) is 79.7. The number of phenols is 4. The molecule has 0 aromatic heterocycles. The van der Waals surface area contributed by atoms with Crippen molar-refractivity contribution in [1.29, 1.82) is 0 Å². The fourth-order valence-electron chi connectivity index (χ4n) is 4.32. The first-order valence-corrected chi connectivity index (χ1v) is 13.3. The summed E-state index contributed by atoms with van der Waals surface area (Å²) < 4.78 is 0. The van der Waals surface area contributed by atoms with Crippen LogP contribution in [-0.2, 0) is 17.4 Å². The maximum Gasteiger partial charge on any atom is 1.00 e. The number of rotatable bonds is 6. The summed E-state index contributed by atoms with van der Waals surface area (Å²) in [5.41, 5.74) is -0.0566. The summed E-state index contributed by atoms with van der Waals surface area (Å²) >= 11 is 0. The van der Waals surface area contributed by atoms with Gasteiger partial charge in [-0.2, -0.15) is 0 Å². The molecule has 6 rings (SSSR count). The Balaban J connectivity index is 0.000000250. The van der Waals surface area contributed by atoms with Gasteiger partial charge in [0.05, 0.1) is 9.85 Å². The number of nitrogens with zero attached hydrogens (tertiary/aromatic N) is 6. The maximum absolute atomic E-state index is 10.8. The van der Waals surface area contributed by atoms with Gasteiger partial charge in [0.25, 0.3) is 11.4 Å². The van der Waals surface area contributed by atoms with Crippen LogP contribution in [-0.4, -0.2) is 30.3 Å². The summed E-state index contributed by atoms with van der Waals surface area (Å²) in [5.74, 6) is -0.618. The van der Waals surface area contributed by atoms with E-state index in [9.17, 15) is 40.7 Å². The van der Waals surface area contributed by atoms with Gasteiger partial charge in [-0.3, -0.25) is 20.2 Å². The van der Waals surface area contributed by atoms with E-state index in [1.54, 1.807) is 36.4 Å². The molecule has 6 aromatic carbocycles. The van der Waals surface area contributed by atoms with Gasteiger partial charge in [0.2, 0.25) is 0 Å². The number of benzene rings is 6. The zero-order valence-corrected chi connectivity index (χ0v) is 26.2. The van der Waals surface area contributed by atoms with Crippen LogP contribution in [0.4, 0.5) is 34.1 Å². The number of nitro groups is 2. The van der Waals surface area contributed by atoms with E-state index >= 15 is 0 Å². The first-order chi connectivity index (χ1) is 22.1. The molecule has 0 aliphatic heterocycles. The second-order valence-electron chi connectivity index (χ2n) is 9.57. The average Bonchev–Trinajstić information content (AvgIpc) is 3.05. The molecule has 4 N–H and O–H groups in total. The molecule has 0 saturated heterocycles. The van der Waals surface area contributed by atoms with Crippen molar-refractivity contribution in [2.45, 2.75) is 0 Å². The third-order valence-electron chi connectivity index (χ3n) is 6.61. The number of hydrogen-bond acceptors (Lipinski definition) is 12. The summed E-state index contributed by atoms with van der Waals surface area (Å²) in [6, 6.07) is 28.0. The Kier molecular flexibility index (Phi) is 12.3. The number of non-ortho nitro benzene ring substituents is 2. The summed E-state index contributed by atoms with van der Waals surface area (Å²) in [6.07, 6.45) is 0. The van der Waals surface area contributed by atoms with Crippen molar-refractivity contribution in [3.05, 3.63) is 129 Å². The van der Waals surface area contributed by atoms with Gasteiger partial charge >= 0.3 is 18.9 Å². The standard InChI is InChI=1S/2C16H11N3O4.Cr.Li/c2*20-14-8-6-11(19(22)23)9-13(14)17-18-16-12-4-2-1-3-10(12)5-7-15(16)21;;/h2*1-9,20-21H;;/q;;;+1. The fourth-order valence-corrected chi connectivity index (χ4v) is 4.32. The largest absolute Gasteiger partial charge is 1.00 e. The van der Waals surface area contributed by atoms with Crippen LogP contribution in [0.1, 0.15) is 0 Å². The Labute approximate surface area is 294 Å². The quantitative estimate of drug-likeness (QED) is 0.0692. The molecule has 0 fully saturated rings. The summed E-state index contributed by atoms with van der Waals surface area (Å²) in [6.45, 7) is 0. The van der Waals surface area contributed by atoms with Crippen LogP contribution < -0.4 is 18.9 Å². The van der Waals surface area contributed by atoms with Crippen LogP contribution in [0.5, 0.6) is 23.0 Å². The summed E-state index contributed by atoms with van der Waals surface area (Å²) in [4.78, 5) is 20.4. The molecular formula is C32H22CrLiN6O8+. The van der Waals surface area contributed by atoms with E-state index in [4.69, 9.17) is 0 Å². The van der Waals surface area contributed by atoms with Crippen molar-refractivity contribution in [2.75, 3.05) is 0 Å². The predicted molar refractivity (Wildman–Crippen MR) is 169 cm³/mol. The predicted octanol–water partition coefficient (Wildman–Crippen LogP) is 6.15. The van der Waals surface area contributed by atoms with E-state index in [2.05, 4.69) is 20.5 Å². The Morgan fingerprint density at radius 2 is 0.833 bits per heavy atom. The molecule has 0 aliphatic rings. The number of aromatic hydroxyl groups is 4. The van der Waals surface area contributed by atoms with Crippen molar-refractivity contribution in [1.82, 2.24) is 0 Å². The molecule has 48 heavy (non-hydrogen) atoms. The molecule has 0 bridgehead atoms. The molecule has 0 spiro atoms. The van der Waals surface area contributed by atoms with E-state index in [0.29, 0.717) is 10.8 Å². The number of fused-ring (bicyclic) bond motifs is 2. The fraction of sp³-hybridized carbons (Fsp3) is 0. The van der Waals surface area contributed by atoms with Crippen LogP contribution in [0, 0.1) is 20.2 Å². The Hall–Kier alpha value is -5.83. The third kappa shape index (κ3) is 8.30. The van der Waals surface area contributed by atoms with Gasteiger partial charge in [-0.25, -0.2) is 0 Å². The van der Waals surface area contributed by atoms with Gasteiger partial charge in [-0.05, 0) is 35.0 Å². The minimum Gasteiger partial charge on any atom is -0.506 e. The summed E-state index contributed by atoms with van der Waals surface area (Å²) in [7, 11) is 0. The van der Waals surface area contributed by atoms with Crippen molar-refractivity contribution < 1.29 is 66.5 Å². The number of hydrogen-bond donors (Lipinski definition) is 4. The number of nitro benzene ring substituents is 2. The van der Waals surface area contributed by atoms with Crippen LogP contribution in [0.15, 0.2) is 130 Å². The van der Waals surface area contributed by atoms with E-state index in [0.717, 1.165) is 22.9 Å².